The van der Waals surface area contributed by atoms with Gasteiger partial charge >= 0.3 is 5.97 Å². The molecule has 1 aromatic rings. The maximum Gasteiger partial charge on any atom is 0.303 e. The van der Waals surface area contributed by atoms with Crippen LogP contribution in [0.4, 0.5) is 0 Å². The number of aliphatic carboxylic acids is 1. The lowest BCUT2D eigenvalue weighted by molar-refractivity contribution is -0.137. The van der Waals surface area contributed by atoms with Crippen LogP contribution in [0, 0.1) is 0 Å². The maximum atomic E-state index is 12.8. The number of ether oxygens (including phenoxy) is 2. The summed E-state index contributed by atoms with van der Waals surface area (Å²) in [4.78, 5) is 38.9. The first-order valence-corrected chi connectivity index (χ1v) is 8.97. The van der Waals surface area contributed by atoms with Crippen LogP contribution in [-0.2, 0) is 9.59 Å². The number of rotatable bonds is 8. The van der Waals surface area contributed by atoms with Gasteiger partial charge in [0.15, 0.2) is 0 Å². The van der Waals surface area contributed by atoms with E-state index >= 15 is 0 Å². The molecule has 0 bridgehead atoms. The second kappa shape index (κ2) is 9.80. The number of nitrogens with zero attached hydrogens (tertiary/aromatic N) is 2. The van der Waals surface area contributed by atoms with Crippen molar-refractivity contribution in [1.29, 1.82) is 0 Å². The molecule has 1 fully saturated rings. The summed E-state index contributed by atoms with van der Waals surface area (Å²) in [5, 5.41) is 8.62. The third-order valence-corrected chi connectivity index (χ3v) is 4.59. The van der Waals surface area contributed by atoms with E-state index in [-0.39, 0.29) is 18.2 Å². The number of hydrogen-bond donors (Lipinski definition) is 1. The van der Waals surface area contributed by atoms with Crippen LogP contribution in [0.15, 0.2) is 18.2 Å². The van der Waals surface area contributed by atoms with E-state index < -0.39 is 5.97 Å². The minimum absolute atomic E-state index is 0.00881. The third-order valence-electron chi connectivity index (χ3n) is 4.59. The van der Waals surface area contributed by atoms with Crippen molar-refractivity contribution in [3.8, 4) is 11.5 Å². The summed E-state index contributed by atoms with van der Waals surface area (Å²) in [6.45, 7) is 1.85. The summed E-state index contributed by atoms with van der Waals surface area (Å²) in [5.74, 6) is 0.0964. The highest BCUT2D eigenvalue weighted by Crippen LogP contribution is 2.26. The Morgan fingerprint density at radius 3 is 2.19 bits per heavy atom. The monoisotopic (exact) mass is 378 g/mol. The Labute approximate surface area is 158 Å². The van der Waals surface area contributed by atoms with Gasteiger partial charge in [0.25, 0.3) is 5.91 Å². The molecule has 1 aromatic carbocycles. The number of carbonyl (C=O) groups excluding carboxylic acids is 2. The molecule has 0 radical (unpaired) electrons. The van der Waals surface area contributed by atoms with Gasteiger partial charge in [-0.05, 0) is 25.0 Å². The Morgan fingerprint density at radius 1 is 0.963 bits per heavy atom. The summed E-state index contributed by atoms with van der Waals surface area (Å²) in [6.07, 6.45) is 1.48. The highest BCUT2D eigenvalue weighted by Gasteiger charge is 2.26. The van der Waals surface area contributed by atoms with Crippen LogP contribution >= 0.6 is 0 Å². The van der Waals surface area contributed by atoms with Crippen LogP contribution in [0.25, 0.3) is 0 Å². The molecule has 148 valence electrons. The summed E-state index contributed by atoms with van der Waals surface area (Å²) < 4.78 is 10.4. The van der Waals surface area contributed by atoms with Gasteiger partial charge in [-0.3, -0.25) is 14.4 Å². The van der Waals surface area contributed by atoms with Crippen molar-refractivity contribution in [2.24, 2.45) is 0 Å². The van der Waals surface area contributed by atoms with Gasteiger partial charge in [0.05, 0.1) is 19.8 Å². The quantitative estimate of drug-likeness (QED) is 0.691. The Balaban J connectivity index is 1.87. The standard InChI is InChI=1S/C19H26N2O6/c1-26-14-7-8-15(16(13-14)27-2)19(25)21-11-9-20(10-12-21)17(22)5-3-4-6-18(23)24/h7-8,13H,3-6,9-12H2,1-2H3,(H,23,24). The van der Waals surface area contributed by atoms with Crippen molar-refractivity contribution in [3.05, 3.63) is 23.8 Å². The van der Waals surface area contributed by atoms with Crippen LogP contribution in [0.3, 0.4) is 0 Å². The van der Waals surface area contributed by atoms with Crippen molar-refractivity contribution in [2.75, 3.05) is 40.4 Å². The molecular weight excluding hydrogens is 352 g/mol. The second-order valence-electron chi connectivity index (χ2n) is 6.34. The molecule has 1 aliphatic rings. The number of carbonyl (C=O) groups is 3. The highest BCUT2D eigenvalue weighted by atomic mass is 16.5. The molecule has 2 amide bonds. The van der Waals surface area contributed by atoms with Crippen molar-refractivity contribution in [2.45, 2.75) is 25.7 Å². The molecule has 8 nitrogen and oxygen atoms in total. The molecule has 1 N–H and O–H groups in total. The van der Waals surface area contributed by atoms with Gasteiger partial charge in [-0.15, -0.1) is 0 Å². The van der Waals surface area contributed by atoms with E-state index in [0.29, 0.717) is 62.5 Å². The highest BCUT2D eigenvalue weighted by molar-refractivity contribution is 5.97. The fraction of sp³-hybridized carbons (Fsp3) is 0.526. The van der Waals surface area contributed by atoms with E-state index in [0.717, 1.165) is 0 Å². The topological polar surface area (TPSA) is 96.4 Å². The summed E-state index contributed by atoms with van der Waals surface area (Å²) in [5.41, 5.74) is 0.465. The van der Waals surface area contributed by atoms with Crippen LogP contribution in [0.1, 0.15) is 36.0 Å². The van der Waals surface area contributed by atoms with Crippen LogP contribution in [0.5, 0.6) is 11.5 Å². The maximum absolute atomic E-state index is 12.8. The summed E-state index contributed by atoms with van der Waals surface area (Å²) in [7, 11) is 3.06. The van der Waals surface area contributed by atoms with E-state index in [1.54, 1.807) is 35.1 Å². The van der Waals surface area contributed by atoms with Crippen LogP contribution in [0.2, 0.25) is 0 Å². The lowest BCUT2D eigenvalue weighted by Gasteiger charge is -2.35. The Bertz CT molecular complexity index is 683. The van der Waals surface area contributed by atoms with Gasteiger partial charge in [0, 0.05) is 45.1 Å². The van der Waals surface area contributed by atoms with Gasteiger partial charge in [-0.2, -0.15) is 0 Å². The third kappa shape index (κ3) is 5.60. The van der Waals surface area contributed by atoms with E-state index in [2.05, 4.69) is 0 Å². The Morgan fingerprint density at radius 2 is 1.59 bits per heavy atom. The largest absolute Gasteiger partial charge is 0.497 e. The average Bonchev–Trinajstić information content (AvgIpc) is 2.69. The number of piperazine rings is 1. The van der Waals surface area contributed by atoms with Crippen LogP contribution < -0.4 is 9.47 Å². The Kier molecular flexibility index (Phi) is 7.45. The predicted molar refractivity (Wildman–Crippen MR) is 98.1 cm³/mol. The fourth-order valence-corrected chi connectivity index (χ4v) is 3.02. The number of benzene rings is 1. The SMILES string of the molecule is COc1ccc(C(=O)N2CCN(C(=O)CCCCC(=O)O)CC2)c(OC)c1. The van der Waals surface area contributed by atoms with Crippen molar-refractivity contribution >= 4 is 17.8 Å². The molecule has 1 saturated heterocycles. The van der Waals surface area contributed by atoms with Gasteiger partial charge in [-0.1, -0.05) is 0 Å². The molecule has 0 unspecified atom stereocenters. The lowest BCUT2D eigenvalue weighted by Crippen LogP contribution is -2.50. The zero-order chi connectivity index (χ0) is 19.8. The summed E-state index contributed by atoms with van der Waals surface area (Å²) >= 11 is 0. The number of hydrogen-bond acceptors (Lipinski definition) is 5. The van der Waals surface area contributed by atoms with Crippen molar-refractivity contribution in [1.82, 2.24) is 9.80 Å². The smallest absolute Gasteiger partial charge is 0.303 e. The van der Waals surface area contributed by atoms with Crippen molar-refractivity contribution in [3.63, 3.8) is 0 Å². The molecular formula is C19H26N2O6. The average molecular weight is 378 g/mol. The van der Waals surface area contributed by atoms with Gasteiger partial charge < -0.3 is 24.4 Å². The number of carboxylic acids is 1. The Hall–Kier alpha value is -2.77. The van der Waals surface area contributed by atoms with Gasteiger partial charge in [0.2, 0.25) is 5.91 Å². The second-order valence-corrected chi connectivity index (χ2v) is 6.34. The van der Waals surface area contributed by atoms with E-state index in [4.69, 9.17) is 14.6 Å². The number of unbranched alkanes of at least 4 members (excludes halogenated alkanes) is 1. The minimum Gasteiger partial charge on any atom is -0.497 e. The number of amides is 2. The summed E-state index contributed by atoms with van der Waals surface area (Å²) in [6, 6.07) is 5.07. The molecule has 1 aliphatic heterocycles. The van der Waals surface area contributed by atoms with E-state index in [1.807, 2.05) is 0 Å². The number of carboxylic acid groups (broad SMARTS) is 1. The molecule has 2 rings (SSSR count). The van der Waals surface area contributed by atoms with Gasteiger partial charge in [-0.25, -0.2) is 0 Å². The number of methoxy groups -OCH3 is 2. The molecule has 8 heteroatoms. The minimum atomic E-state index is -0.844. The normalized spacial score (nSPS) is 14.0. The van der Waals surface area contributed by atoms with Gasteiger partial charge in [0.1, 0.15) is 11.5 Å². The zero-order valence-corrected chi connectivity index (χ0v) is 15.8. The fourth-order valence-electron chi connectivity index (χ4n) is 3.02. The molecule has 0 aromatic heterocycles. The predicted octanol–water partition coefficient (Wildman–Crippen LogP) is 1.63. The first kappa shape index (κ1) is 20.5. The van der Waals surface area contributed by atoms with E-state index in [9.17, 15) is 14.4 Å². The lowest BCUT2D eigenvalue weighted by atomic mass is 10.1. The van der Waals surface area contributed by atoms with Crippen molar-refractivity contribution < 1.29 is 29.0 Å². The van der Waals surface area contributed by atoms with Crippen LogP contribution in [-0.4, -0.2) is 73.1 Å². The first-order chi connectivity index (χ1) is 13.0. The van der Waals surface area contributed by atoms with E-state index in [1.165, 1.54) is 7.11 Å². The molecule has 0 aliphatic carbocycles. The molecule has 0 spiro atoms. The molecule has 0 saturated carbocycles. The zero-order valence-electron chi connectivity index (χ0n) is 15.8. The molecule has 0 atom stereocenters. The first-order valence-electron chi connectivity index (χ1n) is 8.97. The molecule has 27 heavy (non-hydrogen) atoms. The molecule has 1 heterocycles.